The van der Waals surface area contributed by atoms with Crippen molar-refractivity contribution in [2.75, 3.05) is 40.1 Å². The van der Waals surface area contributed by atoms with Crippen molar-refractivity contribution in [1.82, 2.24) is 9.88 Å². The molecule has 0 aliphatic carbocycles. The molecule has 1 aliphatic rings. The Morgan fingerprint density at radius 3 is 2.58 bits per heavy atom. The molecule has 38 heavy (non-hydrogen) atoms. The van der Waals surface area contributed by atoms with Gasteiger partial charge in [0.15, 0.2) is 0 Å². The number of hydrogen-bond donors (Lipinski definition) is 1. The van der Waals surface area contributed by atoms with Gasteiger partial charge >= 0.3 is 6.09 Å². The number of nitrogens with zero attached hydrogens (tertiary/aromatic N) is 1. The lowest BCUT2D eigenvalue weighted by molar-refractivity contribution is 0.0544. The molecule has 1 atom stereocenters. The Morgan fingerprint density at radius 1 is 1.00 bits per heavy atom. The van der Waals surface area contributed by atoms with Gasteiger partial charge in [0.25, 0.3) is 0 Å². The van der Waals surface area contributed by atoms with E-state index in [1.54, 1.807) is 12.0 Å². The minimum Gasteiger partial charge on any atom is -0.491 e. The molecular formula is C30H31ClN2O5. The Bertz CT molecular complexity index is 1360. The van der Waals surface area contributed by atoms with Gasteiger partial charge in [-0.25, -0.2) is 4.79 Å². The Kier molecular flexibility index (Phi) is 8.48. The molecule has 198 valence electrons. The van der Waals surface area contributed by atoms with Crippen LogP contribution in [0, 0.1) is 0 Å². The molecule has 1 aliphatic heterocycles. The number of hydrogen-bond acceptors (Lipinski definition) is 5. The Labute approximate surface area is 227 Å². The van der Waals surface area contributed by atoms with Gasteiger partial charge in [0.2, 0.25) is 0 Å². The van der Waals surface area contributed by atoms with Crippen LogP contribution in [0.25, 0.3) is 10.9 Å². The van der Waals surface area contributed by atoms with E-state index in [-0.39, 0.29) is 18.7 Å². The van der Waals surface area contributed by atoms with Gasteiger partial charge in [0.1, 0.15) is 25.0 Å². The minimum absolute atomic E-state index is 0.220. The van der Waals surface area contributed by atoms with Crippen molar-refractivity contribution in [2.45, 2.75) is 19.1 Å². The highest BCUT2D eigenvalue weighted by Gasteiger charge is 2.35. The average Bonchev–Trinajstić information content (AvgIpc) is 3.32. The number of fused-ring (bicyclic) bond motifs is 3. The smallest absolute Gasteiger partial charge is 0.410 e. The first kappa shape index (κ1) is 26.1. The van der Waals surface area contributed by atoms with E-state index in [9.17, 15) is 4.79 Å². The number of aromatic nitrogens is 1. The maximum Gasteiger partial charge on any atom is 0.410 e. The lowest BCUT2D eigenvalue weighted by Gasteiger charge is -2.35. The number of nitrogens with one attached hydrogen (secondary N) is 1. The number of rotatable bonds is 10. The van der Waals surface area contributed by atoms with Crippen LogP contribution in [0.15, 0.2) is 72.8 Å². The average molecular weight is 535 g/mol. The fourth-order valence-electron chi connectivity index (χ4n) is 4.82. The molecule has 1 unspecified atom stereocenters. The second-order valence-electron chi connectivity index (χ2n) is 9.12. The van der Waals surface area contributed by atoms with Gasteiger partial charge in [-0.15, -0.1) is 0 Å². The molecule has 0 radical (unpaired) electrons. The van der Waals surface area contributed by atoms with E-state index in [2.05, 4.69) is 4.98 Å². The highest BCUT2D eigenvalue weighted by atomic mass is 35.5. The fraction of sp³-hybridized carbons (Fsp3) is 0.300. The van der Waals surface area contributed by atoms with Crippen molar-refractivity contribution in [3.8, 4) is 5.75 Å². The number of carbonyl (C=O) groups excluding carboxylic acids is 1. The summed E-state index contributed by atoms with van der Waals surface area (Å²) in [7, 11) is 1.64. The summed E-state index contributed by atoms with van der Waals surface area (Å²) >= 11 is 6.32. The number of aromatic amines is 1. The predicted octanol–water partition coefficient (Wildman–Crippen LogP) is 6.15. The summed E-state index contributed by atoms with van der Waals surface area (Å²) in [6, 6.07) is 23.0. The molecule has 8 heteroatoms. The number of ether oxygens (including phenoxy) is 4. The van der Waals surface area contributed by atoms with Crippen molar-refractivity contribution in [2.24, 2.45) is 0 Å². The normalized spacial score (nSPS) is 14.9. The van der Waals surface area contributed by atoms with Crippen molar-refractivity contribution in [1.29, 1.82) is 0 Å². The highest BCUT2D eigenvalue weighted by molar-refractivity contribution is 6.31. The van der Waals surface area contributed by atoms with Crippen LogP contribution >= 0.6 is 11.6 Å². The third kappa shape index (κ3) is 5.96. The van der Waals surface area contributed by atoms with Gasteiger partial charge in [0.05, 0.1) is 19.8 Å². The standard InChI is InChI=1S/C30H31ClN2O5/c1-35-15-16-36-17-18-37-24-10-7-22(8-11-24)29-28-25(26-19-23(31)9-12-27(26)32-28)13-14-33(29)30(34)38-20-21-5-3-2-4-6-21/h2-12,19,29,32H,13-18,20H2,1H3. The van der Waals surface area contributed by atoms with Gasteiger partial charge in [-0.2, -0.15) is 0 Å². The summed E-state index contributed by atoms with van der Waals surface area (Å²) in [5.74, 6) is 0.738. The lowest BCUT2D eigenvalue weighted by Crippen LogP contribution is -2.40. The second-order valence-corrected chi connectivity index (χ2v) is 9.55. The summed E-state index contributed by atoms with van der Waals surface area (Å²) < 4.78 is 22.0. The third-order valence-electron chi connectivity index (χ3n) is 6.65. The van der Waals surface area contributed by atoms with Crippen LogP contribution in [-0.4, -0.2) is 56.1 Å². The topological polar surface area (TPSA) is 73.0 Å². The van der Waals surface area contributed by atoms with Crippen LogP contribution in [0.5, 0.6) is 5.75 Å². The van der Waals surface area contributed by atoms with Crippen molar-refractivity contribution >= 4 is 28.6 Å². The molecule has 0 bridgehead atoms. The molecule has 0 saturated carbocycles. The molecule has 1 amide bonds. The van der Waals surface area contributed by atoms with E-state index in [0.717, 1.165) is 33.5 Å². The summed E-state index contributed by atoms with van der Waals surface area (Å²) in [4.78, 5) is 18.7. The monoisotopic (exact) mass is 534 g/mol. The molecule has 3 aromatic carbocycles. The van der Waals surface area contributed by atoms with E-state index in [1.165, 1.54) is 5.56 Å². The number of methoxy groups -OCH3 is 1. The van der Waals surface area contributed by atoms with Gasteiger partial charge in [-0.1, -0.05) is 54.1 Å². The maximum absolute atomic E-state index is 13.4. The number of benzene rings is 3. The van der Waals surface area contributed by atoms with Crippen LogP contribution in [0.4, 0.5) is 4.79 Å². The molecule has 7 nitrogen and oxygen atoms in total. The van der Waals surface area contributed by atoms with E-state index < -0.39 is 0 Å². The summed E-state index contributed by atoms with van der Waals surface area (Å²) in [6.45, 7) is 2.77. The maximum atomic E-state index is 13.4. The first-order valence-corrected chi connectivity index (χ1v) is 13.1. The number of amides is 1. The molecule has 0 spiro atoms. The molecule has 1 aromatic heterocycles. The van der Waals surface area contributed by atoms with Gasteiger partial charge in [-0.05, 0) is 53.4 Å². The largest absolute Gasteiger partial charge is 0.491 e. The quantitative estimate of drug-likeness (QED) is 0.247. The number of H-pyrrole nitrogens is 1. The van der Waals surface area contributed by atoms with Crippen LogP contribution in [0.1, 0.15) is 28.4 Å². The Balaban J connectivity index is 1.38. The SMILES string of the molecule is COCCOCCOc1ccc(C2c3[nH]c4ccc(Cl)cc4c3CCN2C(=O)OCc2ccccc2)cc1. The lowest BCUT2D eigenvalue weighted by atomic mass is 9.92. The zero-order chi connectivity index (χ0) is 26.3. The Morgan fingerprint density at radius 2 is 1.79 bits per heavy atom. The van der Waals surface area contributed by atoms with Crippen LogP contribution in [0.3, 0.4) is 0 Å². The molecule has 1 N–H and O–H groups in total. The van der Waals surface area contributed by atoms with Gasteiger partial charge < -0.3 is 23.9 Å². The van der Waals surface area contributed by atoms with Crippen molar-refractivity contribution < 1.29 is 23.7 Å². The zero-order valence-corrected chi connectivity index (χ0v) is 22.1. The van der Waals surface area contributed by atoms with Crippen LogP contribution in [0.2, 0.25) is 5.02 Å². The molecule has 5 rings (SSSR count). The van der Waals surface area contributed by atoms with E-state index in [0.29, 0.717) is 44.4 Å². The molecule has 2 heterocycles. The minimum atomic E-state index is -0.352. The fourth-order valence-corrected chi connectivity index (χ4v) is 4.99. The summed E-state index contributed by atoms with van der Waals surface area (Å²) in [5.41, 5.74) is 5.06. The van der Waals surface area contributed by atoms with Crippen LogP contribution in [-0.2, 0) is 27.2 Å². The van der Waals surface area contributed by atoms with E-state index in [4.69, 9.17) is 30.5 Å². The molecule has 0 saturated heterocycles. The number of carbonyl (C=O) groups is 1. The second kappa shape index (κ2) is 12.3. The number of halogens is 1. The molecule has 4 aromatic rings. The molecular weight excluding hydrogens is 504 g/mol. The zero-order valence-electron chi connectivity index (χ0n) is 21.3. The Hall–Kier alpha value is -3.52. The van der Waals surface area contributed by atoms with E-state index in [1.807, 2.05) is 72.8 Å². The third-order valence-corrected chi connectivity index (χ3v) is 6.89. The van der Waals surface area contributed by atoms with Crippen molar-refractivity contribution in [3.63, 3.8) is 0 Å². The molecule has 0 fully saturated rings. The predicted molar refractivity (Wildman–Crippen MR) is 147 cm³/mol. The summed E-state index contributed by atoms with van der Waals surface area (Å²) in [5, 5.41) is 1.77. The first-order chi connectivity index (χ1) is 18.6. The first-order valence-electron chi connectivity index (χ1n) is 12.7. The van der Waals surface area contributed by atoms with E-state index >= 15 is 0 Å². The summed E-state index contributed by atoms with van der Waals surface area (Å²) in [6.07, 6.45) is 0.353. The van der Waals surface area contributed by atoms with Gasteiger partial charge in [-0.3, -0.25) is 4.90 Å². The van der Waals surface area contributed by atoms with Crippen molar-refractivity contribution in [3.05, 3.63) is 100 Å². The van der Waals surface area contributed by atoms with Gasteiger partial charge in [0, 0.05) is 35.3 Å². The highest BCUT2D eigenvalue weighted by Crippen LogP contribution is 2.39. The van der Waals surface area contributed by atoms with Crippen LogP contribution < -0.4 is 4.74 Å².